The number of aromatic hydroxyl groups is 1. The zero-order valence-electron chi connectivity index (χ0n) is 17.6. The van der Waals surface area contributed by atoms with E-state index in [2.05, 4.69) is 45.2 Å². The third-order valence-corrected chi connectivity index (χ3v) is 6.13. The van der Waals surface area contributed by atoms with Gasteiger partial charge in [-0.2, -0.15) is 5.26 Å². The van der Waals surface area contributed by atoms with Crippen molar-refractivity contribution in [1.82, 2.24) is 14.9 Å². The summed E-state index contributed by atoms with van der Waals surface area (Å²) in [4.78, 5) is 10.1. The van der Waals surface area contributed by atoms with Crippen molar-refractivity contribution in [2.45, 2.75) is 25.5 Å². The molecule has 5 rings (SSSR count). The number of rotatable bonds is 4. The number of hydrogen-bond acceptors (Lipinski definition) is 5. The number of H-pyrrole nitrogens is 1. The highest BCUT2D eigenvalue weighted by atomic mass is 16.3. The van der Waals surface area contributed by atoms with Gasteiger partial charge in [-0.05, 0) is 54.3 Å². The SMILES string of the molecule is N#Cc1cc(-c2c[nH]c3ncc(-c4ccc(CN5CCCC(O)C5)cc4)cc23)ccc1O. The van der Waals surface area contributed by atoms with Gasteiger partial charge in [0.15, 0.2) is 0 Å². The molecule has 3 N–H and O–H groups in total. The number of phenolic OH excluding ortho intramolecular Hbond substituents is 1. The molecule has 0 aliphatic carbocycles. The van der Waals surface area contributed by atoms with E-state index in [1.807, 2.05) is 18.5 Å². The van der Waals surface area contributed by atoms with Crippen molar-refractivity contribution < 1.29 is 10.2 Å². The average Bonchev–Trinajstić information content (AvgIpc) is 3.23. The molecule has 2 aromatic heterocycles. The Labute approximate surface area is 186 Å². The quantitative estimate of drug-likeness (QED) is 0.450. The number of aliphatic hydroxyl groups is 1. The van der Waals surface area contributed by atoms with E-state index in [4.69, 9.17) is 0 Å². The van der Waals surface area contributed by atoms with E-state index in [1.165, 1.54) is 5.56 Å². The van der Waals surface area contributed by atoms with E-state index in [0.717, 1.165) is 65.8 Å². The fourth-order valence-corrected chi connectivity index (χ4v) is 4.43. The van der Waals surface area contributed by atoms with Crippen molar-refractivity contribution in [3.05, 3.63) is 72.1 Å². The first-order valence-corrected chi connectivity index (χ1v) is 10.8. The van der Waals surface area contributed by atoms with E-state index >= 15 is 0 Å². The van der Waals surface area contributed by atoms with E-state index in [1.54, 1.807) is 18.2 Å². The monoisotopic (exact) mass is 424 g/mol. The Morgan fingerprint density at radius 2 is 1.91 bits per heavy atom. The molecule has 0 amide bonds. The van der Waals surface area contributed by atoms with Crippen LogP contribution >= 0.6 is 0 Å². The lowest BCUT2D eigenvalue weighted by Crippen LogP contribution is -2.37. The summed E-state index contributed by atoms with van der Waals surface area (Å²) in [6.07, 6.45) is 5.46. The molecule has 1 saturated heterocycles. The molecule has 6 heteroatoms. The highest BCUT2D eigenvalue weighted by molar-refractivity contribution is 5.96. The van der Waals surface area contributed by atoms with Gasteiger partial charge in [0.1, 0.15) is 17.5 Å². The van der Waals surface area contributed by atoms with Crippen LogP contribution in [0.25, 0.3) is 33.3 Å². The van der Waals surface area contributed by atoms with Gasteiger partial charge < -0.3 is 15.2 Å². The number of β-amino-alcohol motifs (C(OH)–C–C–N with tert-alkyl or cyclic N) is 1. The first kappa shape index (κ1) is 20.3. The number of nitriles is 1. The number of piperidine rings is 1. The van der Waals surface area contributed by atoms with Gasteiger partial charge in [-0.3, -0.25) is 4.90 Å². The summed E-state index contributed by atoms with van der Waals surface area (Å²) in [6.45, 7) is 2.61. The molecular weight excluding hydrogens is 400 g/mol. The smallest absolute Gasteiger partial charge is 0.137 e. The van der Waals surface area contributed by atoms with E-state index in [-0.39, 0.29) is 17.4 Å². The normalized spacial score (nSPS) is 16.8. The first-order valence-electron chi connectivity index (χ1n) is 10.8. The van der Waals surface area contributed by atoms with Gasteiger partial charge in [-0.25, -0.2) is 4.98 Å². The molecule has 0 bridgehead atoms. The van der Waals surface area contributed by atoms with Crippen LogP contribution in [0.15, 0.2) is 60.9 Å². The lowest BCUT2D eigenvalue weighted by Gasteiger charge is -2.29. The van der Waals surface area contributed by atoms with Crippen molar-refractivity contribution >= 4 is 11.0 Å². The fourth-order valence-electron chi connectivity index (χ4n) is 4.43. The molecular formula is C26H24N4O2. The molecule has 6 nitrogen and oxygen atoms in total. The molecule has 32 heavy (non-hydrogen) atoms. The van der Waals surface area contributed by atoms with Gasteiger partial charge in [0, 0.05) is 42.0 Å². The summed E-state index contributed by atoms with van der Waals surface area (Å²) in [5.74, 6) is -0.0194. The third kappa shape index (κ3) is 3.96. The van der Waals surface area contributed by atoms with E-state index < -0.39 is 0 Å². The maximum absolute atomic E-state index is 9.89. The van der Waals surface area contributed by atoms with Gasteiger partial charge in [0.25, 0.3) is 0 Å². The summed E-state index contributed by atoms with van der Waals surface area (Å²) < 4.78 is 0. The van der Waals surface area contributed by atoms with Crippen LogP contribution in [0.3, 0.4) is 0 Å². The highest BCUT2D eigenvalue weighted by Crippen LogP contribution is 2.33. The van der Waals surface area contributed by atoms with Gasteiger partial charge in [-0.15, -0.1) is 0 Å². The van der Waals surface area contributed by atoms with E-state index in [9.17, 15) is 15.5 Å². The lowest BCUT2D eigenvalue weighted by atomic mass is 10.00. The molecule has 4 aromatic rings. The summed E-state index contributed by atoms with van der Waals surface area (Å²) in [7, 11) is 0. The summed E-state index contributed by atoms with van der Waals surface area (Å²) >= 11 is 0. The number of phenols is 1. The van der Waals surface area contributed by atoms with Crippen molar-refractivity contribution in [2.24, 2.45) is 0 Å². The highest BCUT2D eigenvalue weighted by Gasteiger charge is 2.17. The molecule has 1 atom stereocenters. The minimum Gasteiger partial charge on any atom is -0.507 e. The Balaban J connectivity index is 1.42. The summed E-state index contributed by atoms with van der Waals surface area (Å²) in [5.41, 5.74) is 6.13. The second-order valence-corrected chi connectivity index (χ2v) is 8.39. The zero-order valence-corrected chi connectivity index (χ0v) is 17.6. The number of nitrogens with one attached hydrogen (secondary N) is 1. The number of fused-ring (bicyclic) bond motifs is 1. The standard InChI is InChI=1S/C26H24N4O2/c27-12-20-10-19(7-8-25(20)32)24-14-29-26-23(24)11-21(13-28-26)18-5-3-17(4-6-18)15-30-9-1-2-22(31)16-30/h3-8,10-11,13-14,22,31-32H,1-2,9,15-16H2,(H,28,29). The Morgan fingerprint density at radius 1 is 1.09 bits per heavy atom. The van der Waals surface area contributed by atoms with Crippen LogP contribution in [0.5, 0.6) is 5.75 Å². The second-order valence-electron chi connectivity index (χ2n) is 8.39. The molecule has 0 radical (unpaired) electrons. The van der Waals surface area contributed by atoms with Crippen LogP contribution in [-0.2, 0) is 6.54 Å². The first-order chi connectivity index (χ1) is 15.6. The average molecular weight is 425 g/mol. The molecule has 1 fully saturated rings. The number of aromatic nitrogens is 2. The number of pyridine rings is 1. The maximum Gasteiger partial charge on any atom is 0.137 e. The van der Waals surface area contributed by atoms with Crippen LogP contribution in [0.1, 0.15) is 24.0 Å². The molecule has 0 spiro atoms. The Hall–Kier alpha value is -3.66. The van der Waals surface area contributed by atoms with Crippen molar-refractivity contribution in [2.75, 3.05) is 13.1 Å². The lowest BCUT2D eigenvalue weighted by molar-refractivity contribution is 0.0668. The topological polar surface area (TPSA) is 96.2 Å². The van der Waals surface area contributed by atoms with Crippen LogP contribution in [-0.4, -0.2) is 44.3 Å². The molecule has 160 valence electrons. The van der Waals surface area contributed by atoms with Crippen LogP contribution in [0, 0.1) is 11.3 Å². The Kier molecular flexibility index (Phi) is 5.36. The minimum absolute atomic E-state index is 0.0194. The van der Waals surface area contributed by atoms with Crippen molar-refractivity contribution in [1.29, 1.82) is 5.26 Å². The van der Waals surface area contributed by atoms with Crippen molar-refractivity contribution in [3.8, 4) is 34.1 Å². The molecule has 0 saturated carbocycles. The molecule has 1 aliphatic rings. The number of aliphatic hydroxyl groups excluding tert-OH is 1. The van der Waals surface area contributed by atoms with Crippen LogP contribution < -0.4 is 0 Å². The van der Waals surface area contributed by atoms with Gasteiger partial charge >= 0.3 is 0 Å². The number of nitrogens with zero attached hydrogens (tertiary/aromatic N) is 3. The van der Waals surface area contributed by atoms with Gasteiger partial charge in [0.05, 0.1) is 11.7 Å². The van der Waals surface area contributed by atoms with Crippen LogP contribution in [0.2, 0.25) is 0 Å². The van der Waals surface area contributed by atoms with E-state index in [0.29, 0.717) is 0 Å². The number of likely N-dealkylation sites (tertiary alicyclic amines) is 1. The van der Waals surface area contributed by atoms with Crippen LogP contribution in [0.4, 0.5) is 0 Å². The number of hydrogen-bond donors (Lipinski definition) is 3. The summed E-state index contributed by atoms with van der Waals surface area (Å²) in [6, 6.07) is 17.7. The van der Waals surface area contributed by atoms with Gasteiger partial charge in [0.2, 0.25) is 0 Å². The maximum atomic E-state index is 9.89. The second kappa shape index (κ2) is 8.46. The van der Waals surface area contributed by atoms with Crippen molar-refractivity contribution in [3.63, 3.8) is 0 Å². The summed E-state index contributed by atoms with van der Waals surface area (Å²) in [5, 5.41) is 29.9. The Bertz CT molecular complexity index is 1300. The minimum atomic E-state index is -0.214. The zero-order chi connectivity index (χ0) is 22.1. The number of benzene rings is 2. The molecule has 1 aliphatic heterocycles. The molecule has 3 heterocycles. The third-order valence-electron chi connectivity index (χ3n) is 6.13. The molecule has 1 unspecified atom stereocenters. The number of aromatic amines is 1. The van der Waals surface area contributed by atoms with Gasteiger partial charge in [-0.1, -0.05) is 30.3 Å². The Morgan fingerprint density at radius 3 is 2.69 bits per heavy atom. The fraction of sp³-hybridized carbons (Fsp3) is 0.231. The predicted octanol–water partition coefficient (Wildman–Crippen LogP) is 4.43. The molecule has 2 aromatic carbocycles. The largest absolute Gasteiger partial charge is 0.507 e. The predicted molar refractivity (Wildman–Crippen MR) is 124 cm³/mol.